The van der Waals surface area contributed by atoms with E-state index < -0.39 is 5.41 Å². The van der Waals surface area contributed by atoms with Crippen LogP contribution in [0.3, 0.4) is 0 Å². The van der Waals surface area contributed by atoms with Crippen molar-refractivity contribution in [2.24, 2.45) is 0 Å². The van der Waals surface area contributed by atoms with E-state index in [1.54, 1.807) is 0 Å². The van der Waals surface area contributed by atoms with Crippen LogP contribution in [0, 0.1) is 0 Å². The normalized spacial score (nSPS) is 12.7. The zero-order chi connectivity index (χ0) is 32.6. The van der Waals surface area contributed by atoms with Crippen LogP contribution >= 0.6 is 0 Å². The van der Waals surface area contributed by atoms with E-state index in [4.69, 9.17) is 0 Å². The Morgan fingerprint density at radius 3 is 1.18 bits per heavy atom. The molecule has 9 rings (SSSR count). The highest BCUT2D eigenvalue weighted by molar-refractivity contribution is 5.89. The van der Waals surface area contributed by atoms with Gasteiger partial charge in [-0.15, -0.1) is 0 Å². The topological polar surface area (TPSA) is 0 Å². The smallest absolute Gasteiger partial charge is 0.0622 e. The molecule has 0 N–H and O–H groups in total. The molecule has 0 fully saturated rings. The molecule has 8 aromatic carbocycles. The second-order valence-electron chi connectivity index (χ2n) is 12.9. The van der Waals surface area contributed by atoms with E-state index in [0.717, 1.165) is 0 Å². The number of hydrogen-bond acceptors (Lipinski definition) is 0. The SMILES string of the molecule is c1ccc(-c2cc(-c3ccccc3)cc(-c3cccc(-c4ccc5c(c4)C(c4ccccc4)(c4ccccc4)c4ccccc4-5)c3)c2)cc1. The summed E-state index contributed by atoms with van der Waals surface area (Å²) in [5.74, 6) is 0. The van der Waals surface area contributed by atoms with E-state index in [1.807, 2.05) is 0 Å². The molecular formula is C49H34. The van der Waals surface area contributed by atoms with E-state index in [1.165, 1.54) is 77.9 Å². The van der Waals surface area contributed by atoms with Gasteiger partial charge in [0, 0.05) is 0 Å². The molecule has 0 spiro atoms. The van der Waals surface area contributed by atoms with Gasteiger partial charge in [0.25, 0.3) is 0 Å². The first-order valence-electron chi connectivity index (χ1n) is 17.0. The molecule has 0 unspecified atom stereocenters. The fraction of sp³-hybridized carbons (Fsp3) is 0.0204. The molecule has 0 aliphatic heterocycles. The van der Waals surface area contributed by atoms with Gasteiger partial charge in [0.05, 0.1) is 5.41 Å². The van der Waals surface area contributed by atoms with Crippen molar-refractivity contribution in [2.75, 3.05) is 0 Å². The average molecular weight is 623 g/mol. The van der Waals surface area contributed by atoms with Gasteiger partial charge >= 0.3 is 0 Å². The molecule has 0 nitrogen and oxygen atoms in total. The Labute approximate surface area is 288 Å². The van der Waals surface area contributed by atoms with Gasteiger partial charge in [0.1, 0.15) is 0 Å². The number of hydrogen-bond donors (Lipinski definition) is 0. The highest BCUT2D eigenvalue weighted by Gasteiger charge is 2.46. The van der Waals surface area contributed by atoms with Gasteiger partial charge < -0.3 is 0 Å². The molecule has 0 saturated heterocycles. The van der Waals surface area contributed by atoms with E-state index in [2.05, 4.69) is 206 Å². The average Bonchev–Trinajstić information content (AvgIpc) is 3.49. The maximum absolute atomic E-state index is 2.45. The lowest BCUT2D eigenvalue weighted by Crippen LogP contribution is -2.28. The Balaban J connectivity index is 1.22. The Morgan fingerprint density at radius 1 is 0.224 bits per heavy atom. The summed E-state index contributed by atoms with van der Waals surface area (Å²) in [6, 6.07) is 75.5. The lowest BCUT2D eigenvalue weighted by molar-refractivity contribution is 0.769. The fourth-order valence-electron chi connectivity index (χ4n) is 7.89. The third-order valence-corrected chi connectivity index (χ3v) is 10.1. The Bertz CT molecular complexity index is 2310. The second-order valence-corrected chi connectivity index (χ2v) is 12.9. The van der Waals surface area contributed by atoms with E-state index in [0.29, 0.717) is 0 Å². The molecule has 1 aliphatic rings. The van der Waals surface area contributed by atoms with Crippen molar-refractivity contribution >= 4 is 0 Å². The maximum Gasteiger partial charge on any atom is 0.0713 e. The number of fused-ring (bicyclic) bond motifs is 3. The predicted octanol–water partition coefficient (Wildman–Crippen LogP) is 12.7. The van der Waals surface area contributed by atoms with Gasteiger partial charge in [0.15, 0.2) is 0 Å². The highest BCUT2D eigenvalue weighted by Crippen LogP contribution is 2.56. The quantitative estimate of drug-likeness (QED) is 0.173. The van der Waals surface area contributed by atoms with Crippen molar-refractivity contribution in [1.82, 2.24) is 0 Å². The predicted molar refractivity (Wildman–Crippen MR) is 205 cm³/mol. The minimum absolute atomic E-state index is 0.420. The molecule has 49 heavy (non-hydrogen) atoms. The van der Waals surface area contributed by atoms with Crippen LogP contribution < -0.4 is 0 Å². The van der Waals surface area contributed by atoms with Gasteiger partial charge in [-0.3, -0.25) is 0 Å². The summed E-state index contributed by atoms with van der Waals surface area (Å²) in [7, 11) is 0. The summed E-state index contributed by atoms with van der Waals surface area (Å²) in [6.45, 7) is 0. The van der Waals surface area contributed by atoms with Crippen LogP contribution in [0.5, 0.6) is 0 Å². The van der Waals surface area contributed by atoms with Crippen LogP contribution in [-0.4, -0.2) is 0 Å². The van der Waals surface area contributed by atoms with Crippen LogP contribution in [0.1, 0.15) is 22.3 Å². The third-order valence-electron chi connectivity index (χ3n) is 10.1. The molecule has 0 bridgehead atoms. The van der Waals surface area contributed by atoms with Crippen molar-refractivity contribution in [3.8, 4) is 55.6 Å². The molecule has 8 aromatic rings. The van der Waals surface area contributed by atoms with Gasteiger partial charge in [-0.25, -0.2) is 0 Å². The summed E-state index contributed by atoms with van der Waals surface area (Å²) in [4.78, 5) is 0. The Hall–Kier alpha value is -6.24. The largest absolute Gasteiger partial charge is 0.0713 e. The Morgan fingerprint density at radius 2 is 0.612 bits per heavy atom. The van der Waals surface area contributed by atoms with E-state index in [9.17, 15) is 0 Å². The number of benzene rings is 8. The summed E-state index contributed by atoms with van der Waals surface area (Å²) in [6.07, 6.45) is 0. The van der Waals surface area contributed by atoms with Crippen LogP contribution in [0.15, 0.2) is 206 Å². The van der Waals surface area contributed by atoms with Gasteiger partial charge in [-0.1, -0.05) is 176 Å². The van der Waals surface area contributed by atoms with Crippen molar-refractivity contribution in [1.29, 1.82) is 0 Å². The minimum atomic E-state index is -0.420. The standard InChI is InChI=1S/C49H34/c1-5-16-35(17-6-1)40-31-41(36-18-7-2-8-19-36)33-42(32-40)38-21-15-20-37(30-38)39-28-29-46-45-26-13-14-27-47(45)49(48(46)34-39,43-22-9-3-10-23-43)44-24-11-4-12-25-44/h1-34H. The molecule has 0 heteroatoms. The van der Waals surface area contributed by atoms with Crippen molar-refractivity contribution < 1.29 is 0 Å². The maximum atomic E-state index is 2.45. The Kier molecular flexibility index (Phi) is 7.14. The van der Waals surface area contributed by atoms with Crippen LogP contribution in [-0.2, 0) is 5.41 Å². The zero-order valence-corrected chi connectivity index (χ0v) is 27.1. The summed E-state index contributed by atoms with van der Waals surface area (Å²) in [5.41, 5.74) is 17.1. The highest BCUT2D eigenvalue weighted by atomic mass is 14.5. The third kappa shape index (κ3) is 4.93. The molecule has 0 heterocycles. The first kappa shape index (κ1) is 28.9. The molecule has 0 radical (unpaired) electrons. The van der Waals surface area contributed by atoms with Crippen molar-refractivity contribution in [2.45, 2.75) is 5.41 Å². The first-order chi connectivity index (χ1) is 24.3. The summed E-state index contributed by atoms with van der Waals surface area (Å²) >= 11 is 0. The molecule has 1 aliphatic carbocycles. The lowest BCUT2D eigenvalue weighted by atomic mass is 9.67. The van der Waals surface area contributed by atoms with Crippen molar-refractivity contribution in [3.05, 3.63) is 229 Å². The summed E-state index contributed by atoms with van der Waals surface area (Å²) in [5, 5.41) is 0. The first-order valence-corrected chi connectivity index (χ1v) is 17.0. The molecule has 0 atom stereocenters. The fourth-order valence-corrected chi connectivity index (χ4v) is 7.89. The molecule has 0 amide bonds. The monoisotopic (exact) mass is 622 g/mol. The van der Waals surface area contributed by atoms with Gasteiger partial charge in [-0.05, 0) is 108 Å². The van der Waals surface area contributed by atoms with Crippen LogP contribution in [0.2, 0.25) is 0 Å². The molecular weight excluding hydrogens is 589 g/mol. The number of rotatable bonds is 6. The molecule has 0 aromatic heterocycles. The molecule has 230 valence electrons. The van der Waals surface area contributed by atoms with E-state index in [-0.39, 0.29) is 0 Å². The van der Waals surface area contributed by atoms with Crippen molar-refractivity contribution in [3.63, 3.8) is 0 Å². The van der Waals surface area contributed by atoms with Gasteiger partial charge in [-0.2, -0.15) is 0 Å². The van der Waals surface area contributed by atoms with Gasteiger partial charge in [0.2, 0.25) is 0 Å². The van der Waals surface area contributed by atoms with E-state index >= 15 is 0 Å². The zero-order valence-electron chi connectivity index (χ0n) is 27.1. The van der Waals surface area contributed by atoms with Crippen LogP contribution in [0.4, 0.5) is 0 Å². The second kappa shape index (κ2) is 12.1. The molecule has 0 saturated carbocycles. The summed E-state index contributed by atoms with van der Waals surface area (Å²) < 4.78 is 0. The lowest BCUT2D eigenvalue weighted by Gasteiger charge is -2.34. The minimum Gasteiger partial charge on any atom is -0.0622 e. The van der Waals surface area contributed by atoms with Crippen LogP contribution in [0.25, 0.3) is 55.6 Å².